The monoisotopic (exact) mass is 295 g/mol. The van der Waals surface area contributed by atoms with Gasteiger partial charge in [-0.2, -0.15) is 13.2 Å². The number of hydrogen-bond donors (Lipinski definition) is 1. The quantitative estimate of drug-likeness (QED) is 0.878. The molecule has 3 fully saturated rings. The van der Waals surface area contributed by atoms with E-state index in [1.165, 1.54) is 31.4 Å². The van der Waals surface area contributed by atoms with Gasteiger partial charge >= 0.3 is 6.18 Å². The molecule has 114 valence electrons. The first-order valence-electron chi connectivity index (χ1n) is 7.85. The molecule has 0 amide bonds. The van der Waals surface area contributed by atoms with Crippen LogP contribution in [0.4, 0.5) is 13.2 Å². The minimum Gasteiger partial charge on any atom is -0.313 e. The SMILES string of the molecule is CNC(c1ccc(C(F)(F)F)cc1)C1C2C3CCC(C3)C21. The van der Waals surface area contributed by atoms with Crippen molar-refractivity contribution in [1.29, 1.82) is 0 Å². The third kappa shape index (κ3) is 2.02. The molecule has 4 rings (SSSR count). The van der Waals surface area contributed by atoms with E-state index in [0.717, 1.165) is 29.2 Å². The fraction of sp³-hybridized carbons (Fsp3) is 0.647. The van der Waals surface area contributed by atoms with E-state index < -0.39 is 11.7 Å². The molecule has 0 aliphatic heterocycles. The Hall–Kier alpha value is -1.03. The van der Waals surface area contributed by atoms with Crippen LogP contribution in [0.25, 0.3) is 0 Å². The lowest BCUT2D eigenvalue weighted by Gasteiger charge is -2.21. The molecular formula is C17H20F3N. The van der Waals surface area contributed by atoms with Crippen LogP contribution < -0.4 is 5.32 Å². The lowest BCUT2D eigenvalue weighted by Crippen LogP contribution is -2.22. The van der Waals surface area contributed by atoms with Gasteiger partial charge in [0.05, 0.1) is 5.56 Å². The van der Waals surface area contributed by atoms with Crippen molar-refractivity contribution < 1.29 is 13.2 Å². The van der Waals surface area contributed by atoms with Gasteiger partial charge in [-0.25, -0.2) is 0 Å². The van der Waals surface area contributed by atoms with Gasteiger partial charge in [0.1, 0.15) is 0 Å². The number of benzene rings is 1. The van der Waals surface area contributed by atoms with Crippen molar-refractivity contribution in [3.05, 3.63) is 35.4 Å². The molecule has 5 unspecified atom stereocenters. The molecule has 3 aliphatic rings. The van der Waals surface area contributed by atoms with Crippen molar-refractivity contribution in [2.24, 2.45) is 29.6 Å². The fourth-order valence-electron chi connectivity index (χ4n) is 5.30. The third-order valence-electron chi connectivity index (χ3n) is 6.09. The molecule has 5 atom stereocenters. The zero-order valence-electron chi connectivity index (χ0n) is 12.0. The van der Waals surface area contributed by atoms with Gasteiger partial charge in [0.15, 0.2) is 0 Å². The van der Waals surface area contributed by atoms with E-state index in [1.54, 1.807) is 12.1 Å². The van der Waals surface area contributed by atoms with E-state index in [-0.39, 0.29) is 6.04 Å². The zero-order chi connectivity index (χ0) is 14.8. The maximum atomic E-state index is 12.7. The molecule has 1 aromatic rings. The molecule has 3 saturated carbocycles. The Morgan fingerprint density at radius 2 is 1.62 bits per heavy atom. The van der Waals surface area contributed by atoms with Crippen LogP contribution in [0.2, 0.25) is 0 Å². The second kappa shape index (κ2) is 4.48. The van der Waals surface area contributed by atoms with Crippen molar-refractivity contribution in [3.63, 3.8) is 0 Å². The lowest BCUT2D eigenvalue weighted by molar-refractivity contribution is -0.137. The zero-order valence-corrected chi connectivity index (χ0v) is 12.0. The molecule has 0 saturated heterocycles. The average molecular weight is 295 g/mol. The fourth-order valence-corrected chi connectivity index (χ4v) is 5.30. The maximum Gasteiger partial charge on any atom is 0.416 e. The first kappa shape index (κ1) is 13.6. The Kier molecular flexibility index (Phi) is 2.91. The summed E-state index contributed by atoms with van der Waals surface area (Å²) in [6.45, 7) is 0. The number of hydrogen-bond acceptors (Lipinski definition) is 1. The van der Waals surface area contributed by atoms with E-state index in [1.807, 2.05) is 7.05 Å². The van der Waals surface area contributed by atoms with Gasteiger partial charge < -0.3 is 5.32 Å². The second-order valence-corrected chi connectivity index (χ2v) is 6.95. The largest absolute Gasteiger partial charge is 0.416 e. The van der Waals surface area contributed by atoms with E-state index in [2.05, 4.69) is 5.32 Å². The van der Waals surface area contributed by atoms with E-state index in [0.29, 0.717) is 5.92 Å². The highest BCUT2D eigenvalue weighted by molar-refractivity contribution is 5.30. The van der Waals surface area contributed by atoms with Crippen LogP contribution in [0.1, 0.15) is 36.4 Å². The Morgan fingerprint density at radius 1 is 1.05 bits per heavy atom. The standard InChI is InChI=1S/C17H20F3N/c1-21-16(9-4-6-12(7-5-9)17(18,19)20)15-13-10-2-3-11(8-10)14(13)15/h4-7,10-11,13-16,21H,2-3,8H2,1H3. The molecule has 4 heteroatoms. The van der Waals surface area contributed by atoms with Gasteiger partial charge in [-0.15, -0.1) is 0 Å². The van der Waals surface area contributed by atoms with Gasteiger partial charge in [-0.3, -0.25) is 0 Å². The number of fused-ring (bicyclic) bond motifs is 5. The summed E-state index contributed by atoms with van der Waals surface area (Å²) >= 11 is 0. The Morgan fingerprint density at radius 3 is 2.10 bits per heavy atom. The van der Waals surface area contributed by atoms with Gasteiger partial charge in [-0.05, 0) is 73.6 Å². The van der Waals surface area contributed by atoms with Crippen LogP contribution in [-0.2, 0) is 6.18 Å². The highest BCUT2D eigenvalue weighted by atomic mass is 19.4. The third-order valence-corrected chi connectivity index (χ3v) is 6.09. The molecular weight excluding hydrogens is 275 g/mol. The van der Waals surface area contributed by atoms with Crippen molar-refractivity contribution in [3.8, 4) is 0 Å². The molecule has 3 aliphatic carbocycles. The van der Waals surface area contributed by atoms with Crippen LogP contribution in [0.15, 0.2) is 24.3 Å². The number of halogens is 3. The summed E-state index contributed by atoms with van der Waals surface area (Å²) in [5.41, 5.74) is 0.446. The lowest BCUT2D eigenvalue weighted by atomic mass is 9.92. The van der Waals surface area contributed by atoms with Crippen LogP contribution in [-0.4, -0.2) is 7.05 Å². The molecule has 1 N–H and O–H groups in total. The van der Waals surface area contributed by atoms with Crippen molar-refractivity contribution in [2.45, 2.75) is 31.5 Å². The topological polar surface area (TPSA) is 12.0 Å². The number of nitrogens with one attached hydrogen (secondary N) is 1. The first-order valence-corrected chi connectivity index (χ1v) is 7.85. The molecule has 0 spiro atoms. The molecule has 0 heterocycles. The Balaban J connectivity index is 1.55. The van der Waals surface area contributed by atoms with Gasteiger partial charge in [-0.1, -0.05) is 12.1 Å². The predicted molar refractivity (Wildman–Crippen MR) is 74.5 cm³/mol. The summed E-state index contributed by atoms with van der Waals surface area (Å²) in [7, 11) is 1.93. The van der Waals surface area contributed by atoms with E-state index in [9.17, 15) is 13.2 Å². The minimum atomic E-state index is -4.25. The Labute approximate surface area is 122 Å². The highest BCUT2D eigenvalue weighted by Gasteiger charge is 2.66. The van der Waals surface area contributed by atoms with Crippen molar-refractivity contribution >= 4 is 0 Å². The highest BCUT2D eigenvalue weighted by Crippen LogP contribution is 2.72. The Bertz CT molecular complexity index is 520. The van der Waals surface area contributed by atoms with Crippen LogP contribution >= 0.6 is 0 Å². The first-order chi connectivity index (χ1) is 10.0. The van der Waals surface area contributed by atoms with Crippen molar-refractivity contribution in [1.82, 2.24) is 5.32 Å². The smallest absolute Gasteiger partial charge is 0.313 e. The van der Waals surface area contributed by atoms with Gasteiger partial charge in [0, 0.05) is 6.04 Å². The molecule has 2 bridgehead atoms. The normalized spacial score (nSPS) is 38.4. The molecule has 0 radical (unpaired) electrons. The summed E-state index contributed by atoms with van der Waals surface area (Å²) in [4.78, 5) is 0. The van der Waals surface area contributed by atoms with Crippen molar-refractivity contribution in [2.75, 3.05) is 7.05 Å². The maximum absolute atomic E-state index is 12.7. The molecule has 21 heavy (non-hydrogen) atoms. The molecule has 0 aromatic heterocycles. The van der Waals surface area contributed by atoms with E-state index in [4.69, 9.17) is 0 Å². The summed E-state index contributed by atoms with van der Waals surface area (Å²) in [5.74, 6) is 4.05. The minimum absolute atomic E-state index is 0.214. The summed E-state index contributed by atoms with van der Waals surface area (Å²) in [6.07, 6.45) is -0.115. The molecule has 1 nitrogen and oxygen atoms in total. The van der Waals surface area contributed by atoms with Crippen LogP contribution in [0.5, 0.6) is 0 Å². The summed E-state index contributed by atoms with van der Waals surface area (Å²) in [6, 6.07) is 5.95. The summed E-state index contributed by atoms with van der Waals surface area (Å²) in [5, 5.41) is 3.35. The second-order valence-electron chi connectivity index (χ2n) is 6.95. The van der Waals surface area contributed by atoms with Gasteiger partial charge in [0.2, 0.25) is 0 Å². The van der Waals surface area contributed by atoms with Crippen LogP contribution in [0, 0.1) is 29.6 Å². The average Bonchev–Trinajstić information content (AvgIpc) is 2.87. The molecule has 1 aromatic carbocycles. The van der Waals surface area contributed by atoms with Crippen LogP contribution in [0.3, 0.4) is 0 Å². The predicted octanol–water partition coefficient (Wildman–Crippen LogP) is 4.26. The number of rotatable bonds is 3. The summed E-state index contributed by atoms with van der Waals surface area (Å²) < 4.78 is 38.0. The number of alkyl halides is 3. The van der Waals surface area contributed by atoms with Gasteiger partial charge in [0.25, 0.3) is 0 Å². The van der Waals surface area contributed by atoms with E-state index >= 15 is 0 Å².